The molecule has 1 heterocycles. The molecule has 1 aliphatic carbocycles. The second-order valence-electron chi connectivity index (χ2n) is 10.2. The molecule has 2 aromatic rings. The molecular weight excluding hydrogens is 434 g/mol. The number of pyridine rings is 1. The highest BCUT2D eigenvalue weighted by atomic mass is 28.4. The van der Waals surface area contributed by atoms with E-state index in [2.05, 4.69) is 44.2 Å². The zero-order chi connectivity index (χ0) is 24.3. The Morgan fingerprint density at radius 2 is 1.88 bits per heavy atom. The van der Waals surface area contributed by atoms with Crippen molar-refractivity contribution in [3.05, 3.63) is 53.7 Å². The van der Waals surface area contributed by atoms with Crippen molar-refractivity contribution >= 4 is 20.2 Å². The molecule has 180 valence electrons. The first-order valence-corrected chi connectivity index (χ1v) is 14.4. The SMILES string of the molecule is COc1ccc(CNc2ncccc2C2(N(CCO[Si](C)(C)C(C)(C)C)C(=O)O)CC2)cc1. The average Bonchev–Trinajstić information content (AvgIpc) is 3.56. The third-order valence-electron chi connectivity index (χ3n) is 6.98. The van der Waals surface area contributed by atoms with E-state index >= 15 is 0 Å². The van der Waals surface area contributed by atoms with Crippen LogP contribution in [0.15, 0.2) is 42.6 Å². The summed E-state index contributed by atoms with van der Waals surface area (Å²) < 4.78 is 11.5. The van der Waals surface area contributed by atoms with Crippen molar-refractivity contribution in [2.24, 2.45) is 0 Å². The van der Waals surface area contributed by atoms with Crippen LogP contribution in [-0.2, 0) is 16.5 Å². The molecule has 3 rings (SSSR count). The Labute approximate surface area is 198 Å². The number of nitrogens with one attached hydrogen (secondary N) is 1. The van der Waals surface area contributed by atoms with Crippen LogP contribution >= 0.6 is 0 Å². The molecule has 0 bridgehead atoms. The minimum Gasteiger partial charge on any atom is -0.497 e. The van der Waals surface area contributed by atoms with E-state index in [1.807, 2.05) is 36.4 Å². The summed E-state index contributed by atoms with van der Waals surface area (Å²) in [5.74, 6) is 1.54. The van der Waals surface area contributed by atoms with E-state index in [-0.39, 0.29) is 5.04 Å². The largest absolute Gasteiger partial charge is 0.497 e. The summed E-state index contributed by atoms with van der Waals surface area (Å²) in [5, 5.41) is 13.6. The van der Waals surface area contributed by atoms with Gasteiger partial charge in [0.25, 0.3) is 0 Å². The fraction of sp³-hybridized carbons (Fsp3) is 0.520. The molecule has 33 heavy (non-hydrogen) atoms. The standard InChI is InChI=1S/C25H37N3O4Si/c1-24(2,3)33(5,6)32-17-16-28(23(29)30)25(13-14-25)21-8-7-15-26-22(21)27-18-19-9-11-20(31-4)12-10-19/h7-12,15H,13-14,16-18H2,1-6H3,(H,26,27)(H,29,30). The van der Waals surface area contributed by atoms with Gasteiger partial charge in [0.2, 0.25) is 0 Å². The Bertz CT molecular complexity index is 953. The van der Waals surface area contributed by atoms with Crippen molar-refractivity contribution in [1.29, 1.82) is 0 Å². The smallest absolute Gasteiger partial charge is 0.408 e. The van der Waals surface area contributed by atoms with Gasteiger partial charge in [0.15, 0.2) is 8.32 Å². The minimum absolute atomic E-state index is 0.0835. The topological polar surface area (TPSA) is 83.9 Å². The Morgan fingerprint density at radius 1 is 1.21 bits per heavy atom. The van der Waals surface area contributed by atoms with Crippen molar-refractivity contribution in [3.63, 3.8) is 0 Å². The maximum Gasteiger partial charge on any atom is 0.408 e. The lowest BCUT2D eigenvalue weighted by molar-refractivity contribution is 0.103. The van der Waals surface area contributed by atoms with Crippen molar-refractivity contribution in [1.82, 2.24) is 9.88 Å². The summed E-state index contributed by atoms with van der Waals surface area (Å²) in [6, 6.07) is 11.7. The van der Waals surface area contributed by atoms with Crippen LogP contribution in [0, 0.1) is 0 Å². The van der Waals surface area contributed by atoms with Crippen LogP contribution in [-0.4, -0.2) is 49.7 Å². The number of rotatable bonds is 10. The summed E-state index contributed by atoms with van der Waals surface area (Å²) in [4.78, 5) is 18.4. The van der Waals surface area contributed by atoms with Crippen LogP contribution in [0.25, 0.3) is 0 Å². The normalized spacial score (nSPS) is 15.1. The first-order valence-electron chi connectivity index (χ1n) is 11.5. The number of anilines is 1. The Balaban J connectivity index is 1.74. The maximum absolute atomic E-state index is 12.3. The van der Waals surface area contributed by atoms with Crippen LogP contribution in [0.1, 0.15) is 44.7 Å². The van der Waals surface area contributed by atoms with Gasteiger partial charge in [-0.05, 0) is 54.7 Å². The highest BCUT2D eigenvalue weighted by Gasteiger charge is 2.53. The molecule has 0 saturated heterocycles. The molecule has 1 aromatic carbocycles. The first kappa shape index (κ1) is 25.0. The number of amides is 1. The molecule has 0 aliphatic heterocycles. The van der Waals surface area contributed by atoms with E-state index in [4.69, 9.17) is 9.16 Å². The van der Waals surface area contributed by atoms with E-state index in [0.29, 0.717) is 19.7 Å². The van der Waals surface area contributed by atoms with Crippen molar-refractivity contribution in [2.75, 3.05) is 25.6 Å². The highest BCUT2D eigenvalue weighted by molar-refractivity contribution is 6.74. The molecule has 1 amide bonds. The second-order valence-corrected chi connectivity index (χ2v) is 15.0. The van der Waals surface area contributed by atoms with Gasteiger partial charge in [-0.3, -0.25) is 4.90 Å². The second kappa shape index (κ2) is 9.73. The zero-order valence-corrected chi connectivity index (χ0v) is 21.6. The highest BCUT2D eigenvalue weighted by Crippen LogP contribution is 2.53. The van der Waals surface area contributed by atoms with Crippen LogP contribution in [0.3, 0.4) is 0 Å². The fourth-order valence-corrected chi connectivity index (χ4v) is 4.79. The molecule has 1 fully saturated rings. The maximum atomic E-state index is 12.3. The Hall–Kier alpha value is -2.58. The molecule has 2 N–H and O–H groups in total. The van der Waals surface area contributed by atoms with E-state index in [0.717, 1.165) is 35.5 Å². The van der Waals surface area contributed by atoms with Gasteiger partial charge in [-0.25, -0.2) is 9.78 Å². The number of carboxylic acid groups (broad SMARTS) is 1. The average molecular weight is 472 g/mol. The Morgan fingerprint density at radius 3 is 2.42 bits per heavy atom. The lowest BCUT2D eigenvalue weighted by Crippen LogP contribution is -2.46. The number of nitrogens with zero attached hydrogens (tertiary/aromatic N) is 2. The molecule has 0 spiro atoms. The Kier molecular flexibility index (Phi) is 7.38. The molecule has 1 aromatic heterocycles. The predicted octanol–water partition coefficient (Wildman–Crippen LogP) is 5.69. The number of methoxy groups -OCH3 is 1. The third-order valence-corrected chi connectivity index (χ3v) is 11.5. The van der Waals surface area contributed by atoms with Crippen LogP contribution in [0.4, 0.5) is 10.6 Å². The van der Waals surface area contributed by atoms with Gasteiger partial charge in [-0.15, -0.1) is 0 Å². The van der Waals surface area contributed by atoms with Gasteiger partial charge < -0.3 is 19.6 Å². The molecule has 7 nitrogen and oxygen atoms in total. The number of aromatic nitrogens is 1. The monoisotopic (exact) mass is 471 g/mol. The lowest BCUT2D eigenvalue weighted by Gasteiger charge is -2.37. The lowest BCUT2D eigenvalue weighted by atomic mass is 10.0. The van der Waals surface area contributed by atoms with Gasteiger partial charge in [-0.2, -0.15) is 0 Å². The van der Waals surface area contributed by atoms with E-state index < -0.39 is 19.9 Å². The van der Waals surface area contributed by atoms with E-state index in [9.17, 15) is 9.90 Å². The molecular formula is C25H37N3O4Si. The summed E-state index contributed by atoms with van der Waals surface area (Å²) in [7, 11) is -0.299. The van der Waals surface area contributed by atoms with Crippen molar-refractivity contribution < 1.29 is 19.1 Å². The fourth-order valence-electron chi connectivity index (χ4n) is 3.76. The summed E-state index contributed by atoms with van der Waals surface area (Å²) in [6.45, 7) is 12.3. The van der Waals surface area contributed by atoms with Gasteiger partial charge in [0.1, 0.15) is 11.6 Å². The predicted molar refractivity (Wildman–Crippen MR) is 133 cm³/mol. The molecule has 0 atom stereocenters. The molecule has 1 aliphatic rings. The first-order chi connectivity index (χ1) is 15.5. The molecule has 0 radical (unpaired) electrons. The van der Waals surface area contributed by atoms with Crippen molar-refractivity contribution in [2.45, 2.75) is 63.8 Å². The summed E-state index contributed by atoms with van der Waals surface area (Å²) in [5.41, 5.74) is 1.46. The van der Waals surface area contributed by atoms with Gasteiger partial charge >= 0.3 is 6.09 Å². The van der Waals surface area contributed by atoms with Gasteiger partial charge in [0, 0.05) is 24.8 Å². The number of hydrogen-bond acceptors (Lipinski definition) is 5. The zero-order valence-electron chi connectivity index (χ0n) is 20.6. The third kappa shape index (κ3) is 5.68. The van der Waals surface area contributed by atoms with Crippen molar-refractivity contribution in [3.8, 4) is 5.75 Å². The molecule has 8 heteroatoms. The van der Waals surface area contributed by atoms with Gasteiger partial charge in [0.05, 0.1) is 19.3 Å². The van der Waals surface area contributed by atoms with Crippen LogP contribution in [0.2, 0.25) is 18.1 Å². The number of carbonyl (C=O) groups is 1. The number of ether oxygens (including phenoxy) is 1. The number of hydrogen-bond donors (Lipinski definition) is 2. The minimum atomic E-state index is -1.95. The van der Waals surface area contributed by atoms with Crippen LogP contribution in [0.5, 0.6) is 5.75 Å². The quantitative estimate of drug-likeness (QED) is 0.433. The van der Waals surface area contributed by atoms with Crippen LogP contribution < -0.4 is 10.1 Å². The van der Waals surface area contributed by atoms with E-state index in [1.54, 1.807) is 18.2 Å². The number of benzene rings is 1. The van der Waals surface area contributed by atoms with Gasteiger partial charge in [-0.1, -0.05) is 39.0 Å². The summed E-state index contributed by atoms with van der Waals surface area (Å²) >= 11 is 0. The van der Waals surface area contributed by atoms with E-state index in [1.165, 1.54) is 0 Å². The summed E-state index contributed by atoms with van der Waals surface area (Å²) in [6.07, 6.45) is 2.38. The molecule has 0 unspecified atom stereocenters. The molecule has 1 saturated carbocycles.